The number of pyridine rings is 1. The Kier molecular flexibility index (Phi) is 6.60. The van der Waals surface area contributed by atoms with Crippen molar-refractivity contribution in [1.82, 2.24) is 20.1 Å². The van der Waals surface area contributed by atoms with Crippen molar-refractivity contribution in [2.75, 3.05) is 33.7 Å². The molecule has 1 aliphatic carbocycles. The second-order valence-electron chi connectivity index (χ2n) is 9.64. The third kappa shape index (κ3) is 4.56. The maximum absolute atomic E-state index is 12.8. The normalized spacial score (nSPS) is 25.5. The first-order chi connectivity index (χ1) is 15.4. The Balaban J connectivity index is 1.29. The second kappa shape index (κ2) is 9.41. The van der Waals surface area contributed by atoms with Crippen molar-refractivity contribution >= 4 is 11.8 Å². The molecule has 1 aromatic carbocycles. The fourth-order valence-corrected chi connectivity index (χ4v) is 5.53. The molecular formula is C26H34N4O2. The lowest BCUT2D eigenvalue weighted by Crippen LogP contribution is -2.47. The average molecular weight is 435 g/mol. The SMILES string of the molecule is CN(C)C1(c2ccccc2)CCC2(CC1)CC(=O)N(CCCNC(=O)c1cccnc1)C2. The van der Waals surface area contributed by atoms with Crippen LogP contribution in [0.2, 0.25) is 0 Å². The Hall–Kier alpha value is -2.73. The molecule has 1 spiro atoms. The minimum atomic E-state index is -0.115. The molecule has 170 valence electrons. The zero-order chi connectivity index (χ0) is 22.6. The minimum Gasteiger partial charge on any atom is -0.352 e. The van der Waals surface area contributed by atoms with E-state index in [2.05, 4.69) is 59.6 Å². The van der Waals surface area contributed by atoms with Crippen LogP contribution in [0.3, 0.4) is 0 Å². The van der Waals surface area contributed by atoms with E-state index in [1.54, 1.807) is 24.5 Å². The highest BCUT2D eigenvalue weighted by Crippen LogP contribution is 2.52. The summed E-state index contributed by atoms with van der Waals surface area (Å²) in [4.78, 5) is 33.3. The van der Waals surface area contributed by atoms with Gasteiger partial charge in [-0.05, 0) is 69.3 Å². The molecule has 6 heteroatoms. The minimum absolute atomic E-state index is 0.0551. The highest BCUT2D eigenvalue weighted by atomic mass is 16.2. The number of carbonyl (C=O) groups excluding carboxylic acids is 2. The predicted octanol–water partition coefficient (Wildman–Crippen LogP) is 3.45. The zero-order valence-electron chi connectivity index (χ0n) is 19.2. The number of aromatic nitrogens is 1. The van der Waals surface area contributed by atoms with Crippen LogP contribution in [0.15, 0.2) is 54.9 Å². The van der Waals surface area contributed by atoms with E-state index in [-0.39, 0.29) is 22.8 Å². The lowest BCUT2D eigenvalue weighted by atomic mass is 9.64. The van der Waals surface area contributed by atoms with Gasteiger partial charge in [0.25, 0.3) is 5.91 Å². The summed E-state index contributed by atoms with van der Waals surface area (Å²) in [7, 11) is 4.35. The molecule has 1 saturated carbocycles. The molecule has 0 bridgehead atoms. The summed E-state index contributed by atoms with van der Waals surface area (Å²) in [6.07, 6.45) is 8.93. The Bertz CT molecular complexity index is 921. The van der Waals surface area contributed by atoms with E-state index >= 15 is 0 Å². The average Bonchev–Trinajstić information content (AvgIpc) is 3.13. The van der Waals surface area contributed by atoms with E-state index in [4.69, 9.17) is 0 Å². The highest BCUT2D eigenvalue weighted by molar-refractivity contribution is 5.93. The lowest BCUT2D eigenvalue weighted by molar-refractivity contribution is -0.127. The molecule has 1 aliphatic heterocycles. The third-order valence-electron chi connectivity index (χ3n) is 7.52. The molecule has 2 amide bonds. The molecule has 2 heterocycles. The van der Waals surface area contributed by atoms with E-state index in [0.717, 1.165) is 38.6 Å². The van der Waals surface area contributed by atoms with E-state index in [1.807, 2.05) is 4.90 Å². The molecule has 0 unspecified atom stereocenters. The number of amides is 2. The van der Waals surface area contributed by atoms with E-state index in [0.29, 0.717) is 25.1 Å². The molecular weight excluding hydrogens is 400 g/mol. The van der Waals surface area contributed by atoms with Crippen molar-refractivity contribution in [2.45, 2.75) is 44.1 Å². The Morgan fingerprint density at radius 2 is 1.84 bits per heavy atom. The maximum Gasteiger partial charge on any atom is 0.252 e. The molecule has 0 atom stereocenters. The smallest absolute Gasteiger partial charge is 0.252 e. The molecule has 32 heavy (non-hydrogen) atoms. The first-order valence-electron chi connectivity index (χ1n) is 11.6. The Morgan fingerprint density at radius 3 is 2.50 bits per heavy atom. The van der Waals surface area contributed by atoms with E-state index in [1.165, 1.54) is 5.56 Å². The molecule has 6 nitrogen and oxygen atoms in total. The Morgan fingerprint density at radius 1 is 1.09 bits per heavy atom. The van der Waals surface area contributed by atoms with E-state index < -0.39 is 0 Å². The van der Waals surface area contributed by atoms with Gasteiger partial charge in [-0.3, -0.25) is 19.5 Å². The number of likely N-dealkylation sites (tertiary alicyclic amines) is 1. The summed E-state index contributed by atoms with van der Waals surface area (Å²) in [5.74, 6) is 0.149. The number of hydrogen-bond donors (Lipinski definition) is 1. The maximum atomic E-state index is 12.8. The van der Waals surface area contributed by atoms with Gasteiger partial charge in [0.15, 0.2) is 0 Å². The van der Waals surface area contributed by atoms with Crippen LogP contribution < -0.4 is 5.32 Å². The van der Waals surface area contributed by atoms with Gasteiger partial charge in [0.05, 0.1) is 5.56 Å². The van der Waals surface area contributed by atoms with Crippen LogP contribution in [0.4, 0.5) is 0 Å². The highest BCUT2D eigenvalue weighted by Gasteiger charge is 2.49. The van der Waals surface area contributed by atoms with E-state index in [9.17, 15) is 9.59 Å². The van der Waals surface area contributed by atoms with Gasteiger partial charge in [-0.15, -0.1) is 0 Å². The van der Waals surface area contributed by atoms with Crippen LogP contribution in [0.1, 0.15) is 54.4 Å². The number of nitrogens with zero attached hydrogens (tertiary/aromatic N) is 3. The van der Waals surface area contributed by atoms with Gasteiger partial charge in [0.2, 0.25) is 5.91 Å². The van der Waals surface area contributed by atoms with Gasteiger partial charge < -0.3 is 10.2 Å². The van der Waals surface area contributed by atoms with Crippen LogP contribution in [0, 0.1) is 5.41 Å². The number of rotatable bonds is 7. The second-order valence-corrected chi connectivity index (χ2v) is 9.64. The summed E-state index contributed by atoms with van der Waals surface area (Å²) >= 11 is 0. The molecule has 1 aromatic heterocycles. The van der Waals surface area contributed by atoms with Gasteiger partial charge >= 0.3 is 0 Å². The van der Waals surface area contributed by atoms with Gasteiger partial charge in [-0.2, -0.15) is 0 Å². The van der Waals surface area contributed by atoms with Crippen molar-refractivity contribution < 1.29 is 9.59 Å². The van der Waals surface area contributed by atoms with Crippen molar-refractivity contribution in [2.24, 2.45) is 5.41 Å². The summed E-state index contributed by atoms with van der Waals surface area (Å²) in [5.41, 5.74) is 2.10. The number of hydrogen-bond acceptors (Lipinski definition) is 4. The monoisotopic (exact) mass is 434 g/mol. The largest absolute Gasteiger partial charge is 0.352 e. The molecule has 4 rings (SSSR count). The van der Waals surface area contributed by atoms with Crippen LogP contribution >= 0.6 is 0 Å². The van der Waals surface area contributed by atoms with Crippen LogP contribution in [0.25, 0.3) is 0 Å². The van der Waals surface area contributed by atoms with Crippen molar-refractivity contribution in [3.63, 3.8) is 0 Å². The summed E-state index contributed by atoms with van der Waals surface area (Å²) in [6, 6.07) is 14.3. The molecule has 1 saturated heterocycles. The summed E-state index contributed by atoms with van der Waals surface area (Å²) in [6.45, 7) is 2.11. The molecule has 2 fully saturated rings. The molecule has 2 aliphatic rings. The Labute approximate surface area is 191 Å². The lowest BCUT2D eigenvalue weighted by Gasteiger charge is -2.48. The fourth-order valence-electron chi connectivity index (χ4n) is 5.53. The summed E-state index contributed by atoms with van der Waals surface area (Å²) < 4.78 is 0. The topological polar surface area (TPSA) is 65.5 Å². The quantitative estimate of drug-likeness (QED) is 0.678. The first-order valence-corrected chi connectivity index (χ1v) is 11.6. The molecule has 1 N–H and O–H groups in total. The summed E-state index contributed by atoms with van der Waals surface area (Å²) in [5, 5.41) is 2.93. The van der Waals surface area contributed by atoms with Gasteiger partial charge in [0, 0.05) is 44.0 Å². The van der Waals surface area contributed by atoms with Crippen molar-refractivity contribution in [1.29, 1.82) is 0 Å². The van der Waals surface area contributed by atoms with Gasteiger partial charge in [-0.25, -0.2) is 0 Å². The van der Waals surface area contributed by atoms with Crippen LogP contribution in [0.5, 0.6) is 0 Å². The number of nitrogens with one attached hydrogen (secondary N) is 1. The van der Waals surface area contributed by atoms with Gasteiger partial charge in [0.1, 0.15) is 0 Å². The molecule has 2 aromatic rings. The zero-order valence-corrected chi connectivity index (χ0v) is 19.2. The van der Waals surface area contributed by atoms with Crippen LogP contribution in [-0.4, -0.2) is 60.3 Å². The number of benzene rings is 1. The molecule has 0 radical (unpaired) electrons. The first kappa shape index (κ1) is 22.5. The predicted molar refractivity (Wildman–Crippen MR) is 125 cm³/mol. The van der Waals surface area contributed by atoms with Crippen LogP contribution in [-0.2, 0) is 10.3 Å². The van der Waals surface area contributed by atoms with Gasteiger partial charge in [-0.1, -0.05) is 30.3 Å². The standard InChI is InChI=1S/C26H34N4O2/c1-29(2)26(22-9-4-3-5-10-22)13-11-25(12-14-26)18-23(31)30(20-25)17-7-16-28-24(32)21-8-6-15-27-19-21/h3-6,8-10,15,19H,7,11-14,16-18,20H2,1-2H3,(H,28,32). The number of carbonyl (C=O) groups is 2. The fraction of sp³-hybridized carbons (Fsp3) is 0.500. The third-order valence-corrected chi connectivity index (χ3v) is 7.52. The van der Waals surface area contributed by atoms with Crippen molar-refractivity contribution in [3.8, 4) is 0 Å². The van der Waals surface area contributed by atoms with Crippen molar-refractivity contribution in [3.05, 3.63) is 66.0 Å².